The molecule has 0 saturated heterocycles. The molecule has 0 saturated carbocycles. The zero-order valence-electron chi connectivity index (χ0n) is 21.7. The third-order valence-corrected chi connectivity index (χ3v) is 6.89. The van der Waals surface area contributed by atoms with E-state index in [0.29, 0.717) is 11.1 Å². The maximum atomic E-state index is 15.6. The summed E-state index contributed by atoms with van der Waals surface area (Å²) < 4.78 is 136. The van der Waals surface area contributed by atoms with Gasteiger partial charge < -0.3 is 5.34 Å². The van der Waals surface area contributed by atoms with Crippen molar-refractivity contribution in [3.05, 3.63) is 161 Å². The van der Waals surface area contributed by atoms with Crippen LogP contribution in [0, 0.1) is 52.4 Å². The summed E-state index contributed by atoms with van der Waals surface area (Å²) in [5, 5.41) is 6.42. The monoisotopic (exact) mass is 599 g/mol. The first-order chi connectivity index (χ1) is 20.5. The van der Waals surface area contributed by atoms with Gasteiger partial charge in [-0.05, 0) is 0 Å². The predicted molar refractivity (Wildman–Crippen MR) is 145 cm³/mol. The van der Waals surface area contributed by atoms with E-state index in [1.807, 2.05) is 0 Å². The molecule has 5 aromatic rings. The van der Waals surface area contributed by atoms with E-state index in [9.17, 15) is 13.2 Å². The molecule has 0 atom stereocenters. The number of benzene rings is 5. The highest BCUT2D eigenvalue weighted by Gasteiger charge is 2.43. The van der Waals surface area contributed by atoms with Gasteiger partial charge in [0.25, 0.3) is 0 Å². The van der Waals surface area contributed by atoms with Crippen LogP contribution >= 0.6 is 0 Å². The molecule has 0 fully saturated rings. The minimum atomic E-state index is -4.52. The van der Waals surface area contributed by atoms with Gasteiger partial charge >= 0.3 is 0 Å². The summed E-state index contributed by atoms with van der Waals surface area (Å²) in [6, 6.07) is 16.7. The summed E-state index contributed by atoms with van der Waals surface area (Å²) in [6.07, 6.45) is -4.52. The van der Waals surface area contributed by atoms with Crippen molar-refractivity contribution in [2.24, 2.45) is 5.10 Å². The van der Waals surface area contributed by atoms with E-state index in [1.54, 1.807) is 60.7 Å². The van der Waals surface area contributed by atoms with Gasteiger partial charge in [-0.3, -0.25) is 0 Å². The molecule has 5 rings (SSSR count). The van der Waals surface area contributed by atoms with Crippen LogP contribution in [-0.2, 0) is 0 Å². The first-order valence-corrected chi connectivity index (χ1v) is 12.6. The highest BCUT2D eigenvalue weighted by Crippen LogP contribution is 2.21. The Balaban J connectivity index is 1.98. The lowest BCUT2D eigenvalue weighted by atomic mass is 9.24. The lowest BCUT2D eigenvalue weighted by molar-refractivity contribution is 0.545. The van der Waals surface area contributed by atoms with Gasteiger partial charge in [-0.1, -0.05) is 60.7 Å². The predicted octanol–water partition coefficient (Wildman–Crippen LogP) is 5.95. The van der Waals surface area contributed by atoms with Crippen LogP contribution < -0.4 is 21.7 Å². The molecular weight excluding hydrogens is 582 g/mol. The average molecular weight is 599 g/mol. The molecule has 43 heavy (non-hydrogen) atoms. The molecule has 0 radical (unpaired) electrons. The minimum Gasteiger partial charge on any atom is -0.465 e. The first-order valence-electron chi connectivity index (χ1n) is 12.6. The van der Waals surface area contributed by atoms with Crippen LogP contribution in [0.4, 0.5) is 39.5 Å². The number of halogens is 9. The Hall–Kier alpha value is -5.00. The summed E-state index contributed by atoms with van der Waals surface area (Å²) >= 11 is 0. The van der Waals surface area contributed by atoms with E-state index < -0.39 is 75.0 Å². The third-order valence-electron chi connectivity index (χ3n) is 6.89. The molecule has 0 unspecified atom stereocenters. The number of rotatable bonds is 7. The van der Waals surface area contributed by atoms with Gasteiger partial charge in [0.2, 0.25) is 6.28 Å². The Labute approximate surface area is 239 Å². The fourth-order valence-corrected chi connectivity index (χ4v) is 5.18. The van der Waals surface area contributed by atoms with Gasteiger partial charge in [-0.25, -0.2) is 44.6 Å². The Morgan fingerprint density at radius 2 is 0.721 bits per heavy atom. The SMILES string of the molecule is Fc1cc(F)c([B-](NN=C(c2ccccc2)c2ccccc2)(c2c(F)cc(F)cc2F)c2c(F)cc(F)cc2F)c(F)c1. The van der Waals surface area contributed by atoms with Gasteiger partial charge in [-0.15, -0.1) is 16.4 Å². The van der Waals surface area contributed by atoms with E-state index >= 15 is 26.3 Å². The molecule has 12 heteroatoms. The van der Waals surface area contributed by atoms with Crippen molar-refractivity contribution in [2.75, 3.05) is 0 Å². The van der Waals surface area contributed by atoms with Crippen LogP contribution in [0.1, 0.15) is 11.1 Å². The average Bonchev–Trinajstić information content (AvgIpc) is 2.92. The molecule has 0 amide bonds. The van der Waals surface area contributed by atoms with Crippen LogP contribution in [-0.4, -0.2) is 12.0 Å². The lowest BCUT2D eigenvalue weighted by Crippen LogP contribution is -2.79. The van der Waals surface area contributed by atoms with Crippen molar-refractivity contribution < 1.29 is 39.5 Å². The fraction of sp³-hybridized carbons (Fsp3) is 0. The number of nitrogens with zero attached hydrogens (tertiary/aromatic N) is 1. The van der Waals surface area contributed by atoms with Crippen LogP contribution in [0.2, 0.25) is 0 Å². The standard InChI is InChI=1S/C31H17BF9N2/c33-19-11-22(36)28(23(37)12-19)32(29-24(38)13-20(34)14-25(29)39,30-26(40)15-21(35)16-27(30)41)43-42-31(17-7-3-1-4-8-17)18-9-5-2-6-10-18/h1-16,43H/q-1. The Bertz CT molecular complexity index is 1600. The molecule has 0 aromatic heterocycles. The van der Waals surface area contributed by atoms with Crippen molar-refractivity contribution in [1.29, 1.82) is 0 Å². The quantitative estimate of drug-likeness (QED) is 0.107. The van der Waals surface area contributed by atoms with E-state index in [1.165, 1.54) is 0 Å². The molecule has 0 bridgehead atoms. The van der Waals surface area contributed by atoms with Crippen LogP contribution in [0.3, 0.4) is 0 Å². The second kappa shape index (κ2) is 11.7. The largest absolute Gasteiger partial charge is 0.465 e. The van der Waals surface area contributed by atoms with Crippen molar-refractivity contribution in [3.63, 3.8) is 0 Å². The van der Waals surface area contributed by atoms with Gasteiger partial charge in [0.05, 0.1) is 40.6 Å². The van der Waals surface area contributed by atoms with E-state index in [2.05, 4.69) is 10.4 Å². The lowest BCUT2D eigenvalue weighted by Gasteiger charge is -2.43. The number of hydrogen-bond acceptors (Lipinski definition) is 2. The highest BCUT2D eigenvalue weighted by molar-refractivity contribution is 7.10. The summed E-state index contributed by atoms with van der Waals surface area (Å²) in [6.45, 7) is 0. The van der Waals surface area contributed by atoms with Crippen molar-refractivity contribution in [3.8, 4) is 0 Å². The Morgan fingerprint density at radius 1 is 0.442 bits per heavy atom. The zero-order valence-corrected chi connectivity index (χ0v) is 21.7. The van der Waals surface area contributed by atoms with E-state index in [4.69, 9.17) is 0 Å². The molecule has 0 aliphatic rings. The second-order valence-electron chi connectivity index (χ2n) is 9.54. The maximum absolute atomic E-state index is 15.6. The van der Waals surface area contributed by atoms with Crippen LogP contribution in [0.25, 0.3) is 0 Å². The summed E-state index contributed by atoms with van der Waals surface area (Å²) in [5.41, 5.74) is -3.73. The second-order valence-corrected chi connectivity index (χ2v) is 9.54. The smallest absolute Gasteiger partial charge is 0.203 e. The molecule has 0 aliphatic carbocycles. The molecule has 1 N–H and O–H groups in total. The fourth-order valence-electron chi connectivity index (χ4n) is 5.18. The minimum absolute atomic E-state index is 0.0266. The summed E-state index contributed by atoms with van der Waals surface area (Å²) in [4.78, 5) is 0. The normalized spacial score (nSPS) is 11.4. The van der Waals surface area contributed by atoms with E-state index in [0.717, 1.165) is 0 Å². The van der Waals surface area contributed by atoms with E-state index in [-0.39, 0.29) is 42.1 Å². The van der Waals surface area contributed by atoms with Gasteiger partial charge in [0.15, 0.2) is 0 Å². The van der Waals surface area contributed by atoms with Crippen molar-refractivity contribution in [1.82, 2.24) is 5.34 Å². The molecule has 0 spiro atoms. The van der Waals surface area contributed by atoms with Gasteiger partial charge in [-0.2, -0.15) is 0 Å². The summed E-state index contributed by atoms with van der Waals surface area (Å²) in [5.74, 6) is -15.4. The molecular formula is C31H17BF9N2-. The number of nitrogens with one attached hydrogen (secondary N) is 1. The number of hydrogen-bond donors (Lipinski definition) is 1. The summed E-state index contributed by atoms with van der Waals surface area (Å²) in [7, 11) is 0. The first kappa shape index (κ1) is 29.5. The third kappa shape index (κ3) is 5.48. The zero-order chi connectivity index (χ0) is 30.9. The molecule has 5 aromatic carbocycles. The van der Waals surface area contributed by atoms with Crippen molar-refractivity contribution in [2.45, 2.75) is 0 Å². The highest BCUT2D eigenvalue weighted by atomic mass is 19.2. The van der Waals surface area contributed by atoms with Gasteiger partial charge in [0, 0.05) is 47.5 Å². The maximum Gasteiger partial charge on any atom is 0.203 e. The van der Waals surface area contributed by atoms with Crippen LogP contribution in [0.15, 0.2) is 102 Å². The Morgan fingerprint density at radius 3 is 1.00 bits per heavy atom. The molecule has 218 valence electrons. The molecule has 0 aliphatic heterocycles. The van der Waals surface area contributed by atoms with Crippen LogP contribution in [0.5, 0.6) is 0 Å². The van der Waals surface area contributed by atoms with Gasteiger partial charge in [0.1, 0.15) is 17.5 Å². The van der Waals surface area contributed by atoms with Crippen molar-refractivity contribution >= 4 is 28.4 Å². The number of hydrazone groups is 1. The molecule has 0 heterocycles. The molecule has 2 nitrogen and oxygen atoms in total. The Kier molecular flexibility index (Phi) is 8.03. The topological polar surface area (TPSA) is 24.4 Å².